The Hall–Kier alpha value is -3.48. The van der Waals surface area contributed by atoms with Crippen LogP contribution >= 0.6 is 0 Å². The minimum atomic E-state index is -0.806. The van der Waals surface area contributed by atoms with Crippen molar-refractivity contribution in [3.8, 4) is 17.3 Å². The van der Waals surface area contributed by atoms with Crippen molar-refractivity contribution in [1.29, 1.82) is 0 Å². The summed E-state index contributed by atoms with van der Waals surface area (Å²) in [5.41, 5.74) is 0.728. The first-order valence-electron chi connectivity index (χ1n) is 7.17. The van der Waals surface area contributed by atoms with E-state index in [9.17, 15) is 14.7 Å². The molecule has 0 aliphatic rings. The molecule has 1 amide bonds. The first-order valence-corrected chi connectivity index (χ1v) is 7.17. The first kappa shape index (κ1) is 15.4. The van der Waals surface area contributed by atoms with Crippen LogP contribution in [0.4, 0.5) is 5.69 Å². The number of aromatic nitrogens is 3. The van der Waals surface area contributed by atoms with Gasteiger partial charge < -0.3 is 15.4 Å². The summed E-state index contributed by atoms with van der Waals surface area (Å²) in [7, 11) is 0. The molecule has 7 nitrogen and oxygen atoms in total. The number of amides is 1. The van der Waals surface area contributed by atoms with Crippen molar-refractivity contribution in [3.63, 3.8) is 0 Å². The number of carbonyl (C=O) groups excluding carboxylic acids is 1. The van der Waals surface area contributed by atoms with Gasteiger partial charge in [0.25, 0.3) is 11.5 Å². The number of aromatic amines is 1. The Morgan fingerprint density at radius 2 is 2.04 bits per heavy atom. The zero-order valence-corrected chi connectivity index (χ0v) is 12.8. The van der Waals surface area contributed by atoms with E-state index >= 15 is 0 Å². The second-order valence-corrected chi connectivity index (χ2v) is 5.15. The Bertz CT molecular complexity index is 952. The smallest absolute Gasteiger partial charge is 0.294 e. The van der Waals surface area contributed by atoms with Crippen molar-refractivity contribution in [2.45, 2.75) is 6.92 Å². The molecule has 0 atom stereocenters. The van der Waals surface area contributed by atoms with E-state index in [4.69, 9.17) is 0 Å². The molecule has 0 saturated heterocycles. The Morgan fingerprint density at radius 1 is 1.21 bits per heavy atom. The molecule has 1 aromatic carbocycles. The molecule has 24 heavy (non-hydrogen) atoms. The van der Waals surface area contributed by atoms with E-state index in [1.54, 1.807) is 36.4 Å². The lowest BCUT2D eigenvalue weighted by Gasteiger charge is -2.08. The fraction of sp³-hybridized carbons (Fsp3) is 0.0588. The average Bonchev–Trinajstić information content (AvgIpc) is 2.58. The number of hydrogen-bond donors (Lipinski definition) is 3. The highest BCUT2D eigenvalue weighted by atomic mass is 16.3. The van der Waals surface area contributed by atoms with E-state index in [0.29, 0.717) is 11.4 Å². The van der Waals surface area contributed by atoms with Gasteiger partial charge in [0, 0.05) is 11.9 Å². The van der Waals surface area contributed by atoms with Crippen molar-refractivity contribution in [2.24, 2.45) is 0 Å². The van der Waals surface area contributed by atoms with Crippen LogP contribution in [-0.4, -0.2) is 26.0 Å². The molecule has 0 radical (unpaired) electrons. The van der Waals surface area contributed by atoms with E-state index in [2.05, 4.69) is 20.3 Å². The summed E-state index contributed by atoms with van der Waals surface area (Å²) < 4.78 is 0. The summed E-state index contributed by atoms with van der Waals surface area (Å²) in [6.45, 7) is 1.89. The molecule has 0 spiro atoms. The van der Waals surface area contributed by atoms with E-state index < -0.39 is 17.2 Å². The Morgan fingerprint density at radius 3 is 2.75 bits per heavy atom. The summed E-state index contributed by atoms with van der Waals surface area (Å²) in [5.74, 6) is -1.31. The number of anilines is 1. The van der Waals surface area contributed by atoms with Crippen molar-refractivity contribution in [2.75, 3.05) is 5.32 Å². The number of nitrogens with one attached hydrogen (secondary N) is 2. The van der Waals surface area contributed by atoms with Crippen molar-refractivity contribution in [3.05, 3.63) is 70.3 Å². The fourth-order valence-electron chi connectivity index (χ4n) is 2.16. The Balaban J connectivity index is 1.99. The van der Waals surface area contributed by atoms with Gasteiger partial charge >= 0.3 is 0 Å². The van der Waals surface area contributed by atoms with Gasteiger partial charge in [-0.15, -0.1) is 0 Å². The predicted octanol–water partition coefficient (Wildman–Crippen LogP) is 2.10. The molecule has 3 rings (SSSR count). The zero-order valence-electron chi connectivity index (χ0n) is 12.8. The number of benzene rings is 1. The molecule has 120 valence electrons. The molecular formula is C17H14N4O3. The molecule has 0 saturated carbocycles. The summed E-state index contributed by atoms with van der Waals surface area (Å²) in [5, 5.41) is 12.5. The Kier molecular flexibility index (Phi) is 4.07. The third kappa shape index (κ3) is 3.14. The van der Waals surface area contributed by atoms with E-state index in [0.717, 1.165) is 5.56 Å². The van der Waals surface area contributed by atoms with Crippen LogP contribution in [0.5, 0.6) is 5.75 Å². The zero-order chi connectivity index (χ0) is 17.1. The van der Waals surface area contributed by atoms with Crippen LogP contribution in [0.15, 0.2) is 53.5 Å². The first-order chi connectivity index (χ1) is 11.5. The normalized spacial score (nSPS) is 10.4. The van der Waals surface area contributed by atoms with E-state index in [-0.39, 0.29) is 11.5 Å². The number of aryl methyl sites for hydroxylation is 1. The topological polar surface area (TPSA) is 108 Å². The lowest BCUT2D eigenvalue weighted by molar-refractivity contribution is 0.101. The lowest BCUT2D eigenvalue weighted by Crippen LogP contribution is -2.20. The summed E-state index contributed by atoms with van der Waals surface area (Å²) in [6.07, 6.45) is 1.54. The van der Waals surface area contributed by atoms with Gasteiger partial charge in [-0.3, -0.25) is 14.6 Å². The second kappa shape index (κ2) is 6.33. The van der Waals surface area contributed by atoms with Gasteiger partial charge in [0.15, 0.2) is 11.5 Å². The highest BCUT2D eigenvalue weighted by Crippen LogP contribution is 2.17. The van der Waals surface area contributed by atoms with E-state index in [1.165, 1.54) is 6.20 Å². The minimum Gasteiger partial charge on any atom is -0.501 e. The Labute approximate surface area is 137 Å². The third-order valence-electron chi connectivity index (χ3n) is 3.29. The molecule has 0 unspecified atom stereocenters. The molecule has 7 heteroatoms. The molecule has 0 aliphatic heterocycles. The summed E-state index contributed by atoms with van der Waals surface area (Å²) >= 11 is 0. The van der Waals surface area contributed by atoms with Gasteiger partial charge in [-0.05, 0) is 36.8 Å². The van der Waals surface area contributed by atoms with Crippen molar-refractivity contribution >= 4 is 11.6 Å². The standard InChI is InChI=1S/C17H14N4O3/c1-10-5-4-6-11(9-10)19-16(23)13-14(22)17(24)21-15(20-13)12-7-2-3-8-18-12/h2-9,22H,1H3,(H,19,23)(H,20,21,24). The monoisotopic (exact) mass is 322 g/mol. The number of hydrogen-bond acceptors (Lipinski definition) is 5. The lowest BCUT2D eigenvalue weighted by atomic mass is 10.2. The maximum atomic E-state index is 12.4. The molecule has 0 bridgehead atoms. The number of rotatable bonds is 3. The van der Waals surface area contributed by atoms with Crippen molar-refractivity contribution in [1.82, 2.24) is 15.0 Å². The van der Waals surface area contributed by atoms with Gasteiger partial charge in [-0.2, -0.15) is 0 Å². The maximum Gasteiger partial charge on any atom is 0.294 e. The van der Waals surface area contributed by atoms with Crippen LogP contribution in [0.25, 0.3) is 11.5 Å². The molecule has 3 aromatic rings. The summed E-state index contributed by atoms with van der Waals surface area (Å²) in [4.78, 5) is 34.8. The molecule has 3 N–H and O–H groups in total. The quantitative estimate of drug-likeness (QED) is 0.684. The third-order valence-corrected chi connectivity index (χ3v) is 3.29. The second-order valence-electron chi connectivity index (χ2n) is 5.15. The number of pyridine rings is 1. The molecule has 2 aromatic heterocycles. The highest BCUT2D eigenvalue weighted by Gasteiger charge is 2.19. The maximum absolute atomic E-state index is 12.4. The SMILES string of the molecule is Cc1cccc(NC(=O)c2nc(-c3ccccn3)[nH]c(=O)c2O)c1. The largest absolute Gasteiger partial charge is 0.501 e. The number of aromatic hydroxyl groups is 1. The summed E-state index contributed by atoms with van der Waals surface area (Å²) in [6, 6.07) is 12.2. The van der Waals surface area contributed by atoms with Gasteiger partial charge in [-0.1, -0.05) is 18.2 Å². The van der Waals surface area contributed by atoms with Crippen LogP contribution in [0.2, 0.25) is 0 Å². The van der Waals surface area contributed by atoms with Gasteiger partial charge in [0.05, 0.1) is 0 Å². The molecular weight excluding hydrogens is 308 g/mol. The van der Waals surface area contributed by atoms with Gasteiger partial charge in [0.1, 0.15) is 5.69 Å². The van der Waals surface area contributed by atoms with Crippen LogP contribution in [0, 0.1) is 6.92 Å². The van der Waals surface area contributed by atoms with E-state index in [1.807, 2.05) is 13.0 Å². The molecule has 2 heterocycles. The minimum absolute atomic E-state index is 0.104. The number of carbonyl (C=O) groups is 1. The average molecular weight is 322 g/mol. The fourth-order valence-corrected chi connectivity index (χ4v) is 2.16. The predicted molar refractivity (Wildman–Crippen MR) is 88.9 cm³/mol. The van der Waals surface area contributed by atoms with Crippen LogP contribution in [-0.2, 0) is 0 Å². The van der Waals surface area contributed by atoms with Gasteiger partial charge in [-0.25, -0.2) is 4.98 Å². The number of H-pyrrole nitrogens is 1. The molecule has 0 aliphatic carbocycles. The van der Waals surface area contributed by atoms with Crippen LogP contribution in [0.3, 0.4) is 0 Å². The number of nitrogens with zero attached hydrogens (tertiary/aromatic N) is 2. The van der Waals surface area contributed by atoms with Gasteiger partial charge in [0.2, 0.25) is 5.75 Å². The van der Waals surface area contributed by atoms with Crippen LogP contribution in [0.1, 0.15) is 16.1 Å². The highest BCUT2D eigenvalue weighted by molar-refractivity contribution is 6.04. The molecule has 0 fully saturated rings. The van der Waals surface area contributed by atoms with Crippen LogP contribution < -0.4 is 10.9 Å². The van der Waals surface area contributed by atoms with Crippen molar-refractivity contribution < 1.29 is 9.90 Å².